The smallest absolute Gasteiger partial charge is 0.793 e. The Balaban J connectivity index is 0.000000217. The van der Waals surface area contributed by atoms with Crippen LogP contribution in [0.3, 0.4) is 0 Å². The van der Waals surface area contributed by atoms with Crippen LogP contribution < -0.4 is 55.4 Å². The van der Waals surface area contributed by atoms with E-state index in [1.165, 1.54) is 51.6 Å². The molecular weight excluding hydrogens is 1280 g/mol. The number of Topliss-reactive ketones (excluding diaryl/α,β-unsaturated/α-hetero) is 1. The third kappa shape index (κ3) is 18.1. The molecule has 8 aliphatic rings. The Hall–Kier alpha value is -7.04. The second-order valence-corrected chi connectivity index (χ2v) is 27.0. The Bertz CT molecular complexity index is 4000. The molecule has 4 aromatic heterocycles. The molecule has 94 heavy (non-hydrogen) atoms. The van der Waals surface area contributed by atoms with Crippen molar-refractivity contribution < 1.29 is 128 Å². The molecule has 0 spiro atoms. The quantitative estimate of drug-likeness (QED) is 0.0504. The molecule has 32 heteroatoms. The van der Waals surface area contributed by atoms with Gasteiger partial charge in [-0.15, -0.1) is 0 Å². The molecule has 2 atom stereocenters. The molecule has 6 N–H and O–H groups in total. The molecule has 2 aromatic carbocycles. The number of ether oxygens (including phenoxy) is 4. The van der Waals surface area contributed by atoms with Gasteiger partial charge in [0.05, 0.1) is 101 Å². The van der Waals surface area contributed by atoms with E-state index in [4.69, 9.17) is 24.7 Å². The van der Waals surface area contributed by atoms with Crippen molar-refractivity contribution >= 4 is 91.4 Å². The predicted molar refractivity (Wildman–Crippen MR) is 330 cm³/mol. The minimum absolute atomic E-state index is 0. The molecule has 4 saturated heterocycles. The average Bonchev–Trinajstić information content (AvgIpc) is 0.758. The maximum Gasteiger partial charge on any atom is 1.00 e. The van der Waals surface area contributed by atoms with Crippen LogP contribution in [0.1, 0.15) is 112 Å². The van der Waals surface area contributed by atoms with E-state index in [1.54, 1.807) is 36.4 Å². The van der Waals surface area contributed by atoms with E-state index >= 15 is 0 Å². The number of hydrogen-bond acceptors (Lipinski definition) is 25. The zero-order chi connectivity index (χ0) is 67.0. The van der Waals surface area contributed by atoms with Crippen molar-refractivity contribution in [3.63, 3.8) is 0 Å². The van der Waals surface area contributed by atoms with Gasteiger partial charge in [-0.25, -0.2) is 54.9 Å². The number of methoxy groups -OCH3 is 2. The number of pyridine rings is 4. The number of nitrogens with two attached hydrogens (primary N) is 1. The number of nitrogens with one attached hydrogen (secondary N) is 2. The minimum atomic E-state index is -3.62. The van der Waals surface area contributed by atoms with Crippen molar-refractivity contribution in [2.45, 2.75) is 150 Å². The summed E-state index contributed by atoms with van der Waals surface area (Å²) in [7, 11) is 0.209. The zero-order valence-electron chi connectivity index (χ0n) is 51.8. The number of ketones is 1. The van der Waals surface area contributed by atoms with Crippen LogP contribution in [-0.2, 0) is 93.4 Å². The van der Waals surface area contributed by atoms with Crippen LogP contribution in [0.5, 0.6) is 11.8 Å². The summed E-state index contributed by atoms with van der Waals surface area (Å²) in [6.45, 7) is 4.80. The number of anilines is 1. The van der Waals surface area contributed by atoms with E-state index in [1.807, 2.05) is 0 Å². The Labute approximate surface area is 564 Å². The molecule has 6 fully saturated rings. The maximum absolute atomic E-state index is 14.9. The topological polar surface area (TPSA) is 377 Å². The number of aldehydes is 1. The van der Waals surface area contributed by atoms with Crippen LogP contribution in [-0.4, -0.2) is 164 Å². The van der Waals surface area contributed by atoms with E-state index in [9.17, 15) is 64.6 Å². The number of nitrogens with zero attached hydrogens (tertiary/aromatic N) is 4. The number of carbonyl (C=O) groups excluding carboxylic acids is 6. The number of amides is 1. The van der Waals surface area contributed by atoms with Crippen molar-refractivity contribution in [1.82, 2.24) is 25.3 Å². The van der Waals surface area contributed by atoms with Crippen LogP contribution in [0.25, 0.3) is 22.1 Å². The number of hydrogen-bond donors (Lipinski definition) is 5. The molecular formula is C62H72BF2N7NaO19S2. The van der Waals surface area contributed by atoms with Crippen molar-refractivity contribution in [3.05, 3.63) is 113 Å². The molecule has 14 rings (SSSR count). The Morgan fingerprint density at radius 3 is 1.66 bits per heavy atom. The summed E-state index contributed by atoms with van der Waals surface area (Å²) in [4.78, 5) is 87.4. The normalized spacial score (nSPS) is 22.7. The van der Waals surface area contributed by atoms with Crippen LogP contribution >= 0.6 is 0 Å². The van der Waals surface area contributed by atoms with Gasteiger partial charge in [0.25, 0.3) is 0 Å². The fourth-order valence-corrected chi connectivity index (χ4v) is 14.4. The van der Waals surface area contributed by atoms with Gasteiger partial charge >= 0.3 is 41.5 Å². The van der Waals surface area contributed by atoms with E-state index in [0.717, 1.165) is 51.3 Å². The summed E-state index contributed by atoms with van der Waals surface area (Å²) < 4.78 is 103. The fourth-order valence-electron chi connectivity index (χ4n) is 11.7. The molecule has 6 aliphatic heterocycles. The first-order valence-corrected chi connectivity index (χ1v) is 32.2. The van der Waals surface area contributed by atoms with Gasteiger partial charge in [0.2, 0.25) is 23.6 Å². The number of fused-ring (bicyclic) bond motifs is 10. The number of benzene rings is 2. The predicted octanol–water partition coefficient (Wildman–Crippen LogP) is 1.70. The Morgan fingerprint density at radius 2 is 1.21 bits per heavy atom. The number of carbonyl (C=O) groups is 6. The van der Waals surface area contributed by atoms with Crippen molar-refractivity contribution in [1.29, 1.82) is 0 Å². The van der Waals surface area contributed by atoms with Crippen LogP contribution in [0.2, 0.25) is 0 Å². The maximum atomic E-state index is 14.9. The monoisotopic (exact) mass is 1350 g/mol. The number of aliphatic hydroxyl groups excluding tert-OH is 2. The van der Waals surface area contributed by atoms with Gasteiger partial charge in [-0.3, -0.25) is 29.1 Å². The van der Waals surface area contributed by atoms with E-state index in [-0.39, 0.29) is 88.5 Å². The van der Waals surface area contributed by atoms with Gasteiger partial charge < -0.3 is 58.2 Å². The SMILES string of the molecule is C.CC(=O)OOC(C)=O.COc1ccc2ncc(F)c(C[C@H](O)C34CCC(N)(CC3)CO4)c2n1.COc1ccc2ncc(F)c(C[C@H](O)C34CCC(NCc5ccc6c(c5)NC(=O)CS6(=O)=O)(CC3)CO4)c2n1.O=Cc1ccc2c(c1)CC(=O)CS2(=O)=O.[B-]OC(C)=O.[Na+]. The second kappa shape index (κ2) is 31.7. The number of sulfone groups is 2. The molecule has 1 amide bonds. The number of halogens is 2. The first kappa shape index (κ1) is 76.0. The summed E-state index contributed by atoms with van der Waals surface area (Å²) in [5.74, 6) is -3.87. The molecule has 4 bridgehead atoms. The molecule has 26 nitrogen and oxygen atoms in total. The van der Waals surface area contributed by atoms with Gasteiger partial charge in [0.1, 0.15) is 29.4 Å². The summed E-state index contributed by atoms with van der Waals surface area (Å²) in [5, 5.41) is 28.4. The molecule has 10 heterocycles. The summed E-state index contributed by atoms with van der Waals surface area (Å²) in [6.07, 6.45) is 7.14. The van der Waals surface area contributed by atoms with Crippen LogP contribution in [0.15, 0.2) is 82.8 Å². The van der Waals surface area contributed by atoms with Gasteiger partial charge in [0, 0.05) is 86.5 Å². The molecule has 0 unspecified atom stereocenters. The van der Waals surface area contributed by atoms with Gasteiger partial charge in [0.15, 0.2) is 25.5 Å². The van der Waals surface area contributed by atoms with Crippen molar-refractivity contribution in [2.75, 3.05) is 44.3 Å². The second-order valence-electron chi connectivity index (χ2n) is 23.1. The molecule has 499 valence electrons. The van der Waals surface area contributed by atoms with E-state index < -0.39 is 90.0 Å². The van der Waals surface area contributed by atoms with Crippen LogP contribution in [0, 0.1) is 11.6 Å². The molecule has 3 radical (unpaired) electrons. The van der Waals surface area contributed by atoms with Gasteiger partial charge in [-0.05, 0) is 98.9 Å². The zero-order valence-corrected chi connectivity index (χ0v) is 55.5. The third-order valence-electron chi connectivity index (χ3n) is 16.7. The summed E-state index contributed by atoms with van der Waals surface area (Å²) in [6, 6.07) is 16.0. The Morgan fingerprint density at radius 1 is 0.723 bits per heavy atom. The number of aliphatic hydroxyl groups is 2. The van der Waals surface area contributed by atoms with Gasteiger partial charge in [-0.1, -0.05) is 19.6 Å². The first-order valence-electron chi connectivity index (χ1n) is 28.8. The summed E-state index contributed by atoms with van der Waals surface area (Å²) in [5.41, 5.74) is 8.68. The standard InChI is InChI=1S/C27H29FN4O6S.C18H22FN3O3.C10H8O4S.C4H6O4.C2H3BO2.CH4.Na/c1-37-24-5-3-19-25(32-24)17(18(28)13-29-19)11-22(33)27-8-6-26(7-9-27,15-38-27)30-12-16-2-4-21-20(10-16)31-23(34)14-39(21,35)36;1-24-15-3-2-13-16(22-15)11(12(19)9-21-13)8-14(23)18-6-4-17(20,5-7-18)10-25-18;11-5-7-1-2-10-8(3-7)4-9(12)6-15(10,13)14;1-3(5)7-8-4(2)6;1-2(4)5-3;;/h2-5,10,13,22,30,33H,6-9,11-12,14-15H2,1H3,(H,31,34);2-3,9,14,23H,4-8,10,20H2,1H3;1-3,5H,4,6H2;1-2H3;1H3;1H4;/q;;;;-1;;+1/t22-,26?,27?;14-,17?,18?;;;;;/m00...../s1. The van der Waals surface area contributed by atoms with Crippen molar-refractivity contribution in [3.8, 4) is 11.8 Å². The average molecular weight is 1360 g/mol. The van der Waals surface area contributed by atoms with E-state index in [0.29, 0.717) is 108 Å². The fraction of sp³-hybridized carbons (Fsp3) is 0.452. The number of rotatable bonds is 12. The molecule has 6 aromatic rings. The van der Waals surface area contributed by atoms with Gasteiger partial charge in [-0.2, -0.15) is 0 Å². The minimum Gasteiger partial charge on any atom is -0.793 e. The largest absolute Gasteiger partial charge is 1.00 e. The van der Waals surface area contributed by atoms with Crippen molar-refractivity contribution in [2.24, 2.45) is 5.73 Å². The molecule has 2 aliphatic carbocycles. The van der Waals surface area contributed by atoms with Crippen LogP contribution in [0.4, 0.5) is 14.5 Å². The molecule has 2 saturated carbocycles. The summed E-state index contributed by atoms with van der Waals surface area (Å²) >= 11 is 0. The first-order chi connectivity index (χ1) is 43.5. The third-order valence-corrected chi connectivity index (χ3v) is 20.2. The van der Waals surface area contributed by atoms with E-state index in [2.05, 4.69) is 53.0 Å². The number of aromatic nitrogens is 4. The Kier molecular flexibility index (Phi) is 25.6.